The summed E-state index contributed by atoms with van der Waals surface area (Å²) in [6.07, 6.45) is 9.84. The van der Waals surface area contributed by atoms with Crippen molar-refractivity contribution in [2.24, 2.45) is 10.4 Å². The molecule has 0 amide bonds. The molecule has 2 unspecified atom stereocenters. The van der Waals surface area contributed by atoms with Gasteiger partial charge in [0.05, 0.1) is 17.3 Å². The van der Waals surface area contributed by atoms with Gasteiger partial charge >= 0.3 is 0 Å². The standard InChI is InChI=1S/C12H15NO2/c14-9-6-12-5-3-1-2-4-11(12)15-8-10(12)13-7-9/h7-8,11H,1-6H2. The van der Waals surface area contributed by atoms with Crippen LogP contribution in [0.4, 0.5) is 0 Å². The molecule has 0 N–H and O–H groups in total. The van der Waals surface area contributed by atoms with E-state index in [0.29, 0.717) is 6.42 Å². The van der Waals surface area contributed by atoms with Crippen molar-refractivity contribution in [3.05, 3.63) is 12.0 Å². The monoisotopic (exact) mass is 205 g/mol. The van der Waals surface area contributed by atoms with Crippen LogP contribution in [0.1, 0.15) is 38.5 Å². The van der Waals surface area contributed by atoms with E-state index in [0.717, 1.165) is 18.5 Å². The molecule has 3 heteroatoms. The molecule has 2 aliphatic heterocycles. The molecule has 3 rings (SSSR count). The van der Waals surface area contributed by atoms with Gasteiger partial charge in [0.25, 0.3) is 0 Å². The number of nitrogens with zero attached hydrogens (tertiary/aromatic N) is 1. The smallest absolute Gasteiger partial charge is 0.174 e. The van der Waals surface area contributed by atoms with Gasteiger partial charge in [-0.15, -0.1) is 0 Å². The molecule has 0 radical (unpaired) electrons. The fourth-order valence-corrected chi connectivity index (χ4v) is 3.09. The van der Waals surface area contributed by atoms with E-state index in [1.54, 1.807) is 6.26 Å². The van der Waals surface area contributed by atoms with Crippen LogP contribution in [0.5, 0.6) is 0 Å². The van der Waals surface area contributed by atoms with Crippen molar-refractivity contribution in [2.45, 2.75) is 44.6 Å². The van der Waals surface area contributed by atoms with Gasteiger partial charge in [0.15, 0.2) is 5.78 Å². The second kappa shape index (κ2) is 3.19. The molecular formula is C12H15NO2. The molecule has 3 nitrogen and oxygen atoms in total. The van der Waals surface area contributed by atoms with Crippen molar-refractivity contribution in [3.63, 3.8) is 0 Å². The number of ketones is 1. The highest BCUT2D eigenvalue weighted by atomic mass is 16.5. The summed E-state index contributed by atoms with van der Waals surface area (Å²) in [6, 6.07) is 0. The molecule has 80 valence electrons. The Hall–Kier alpha value is -1.12. The minimum absolute atomic E-state index is 0.0671. The van der Waals surface area contributed by atoms with Crippen LogP contribution in [0.2, 0.25) is 0 Å². The Kier molecular flexibility index (Phi) is 1.94. The SMILES string of the molecule is O=C1C=NC2=COC3CCCCCC23C1. The van der Waals surface area contributed by atoms with E-state index in [1.165, 1.54) is 25.5 Å². The van der Waals surface area contributed by atoms with E-state index in [-0.39, 0.29) is 17.3 Å². The topological polar surface area (TPSA) is 38.7 Å². The van der Waals surface area contributed by atoms with Gasteiger partial charge in [-0.05, 0) is 19.3 Å². The maximum Gasteiger partial charge on any atom is 0.174 e. The Bertz CT molecular complexity index is 359. The molecule has 2 atom stereocenters. The van der Waals surface area contributed by atoms with Gasteiger partial charge in [-0.2, -0.15) is 0 Å². The molecule has 1 fully saturated rings. The van der Waals surface area contributed by atoms with E-state index < -0.39 is 0 Å². The van der Waals surface area contributed by atoms with Crippen molar-refractivity contribution in [1.29, 1.82) is 0 Å². The molecule has 1 aliphatic carbocycles. The summed E-state index contributed by atoms with van der Waals surface area (Å²) < 4.78 is 5.69. The molecule has 0 aromatic rings. The fraction of sp³-hybridized carbons (Fsp3) is 0.667. The Labute approximate surface area is 89.2 Å². The van der Waals surface area contributed by atoms with Gasteiger partial charge in [0.2, 0.25) is 0 Å². The first kappa shape index (κ1) is 9.13. The Morgan fingerprint density at radius 3 is 3.27 bits per heavy atom. The van der Waals surface area contributed by atoms with Crippen LogP contribution in [0.15, 0.2) is 17.0 Å². The fourth-order valence-electron chi connectivity index (χ4n) is 3.09. The lowest BCUT2D eigenvalue weighted by atomic mass is 9.72. The van der Waals surface area contributed by atoms with E-state index in [4.69, 9.17) is 4.74 Å². The minimum atomic E-state index is -0.0671. The highest BCUT2D eigenvalue weighted by Crippen LogP contribution is 2.51. The molecule has 0 aromatic carbocycles. The van der Waals surface area contributed by atoms with Crippen molar-refractivity contribution >= 4 is 12.0 Å². The first-order chi connectivity index (χ1) is 7.31. The number of hydrogen-bond donors (Lipinski definition) is 0. The molecule has 0 saturated heterocycles. The summed E-state index contributed by atoms with van der Waals surface area (Å²) in [5, 5.41) is 0. The van der Waals surface area contributed by atoms with Crippen molar-refractivity contribution in [1.82, 2.24) is 0 Å². The number of carbonyl (C=O) groups excluding carboxylic acids is 1. The predicted molar refractivity (Wildman–Crippen MR) is 56.6 cm³/mol. The molecule has 0 aromatic heterocycles. The summed E-state index contributed by atoms with van der Waals surface area (Å²) in [6.45, 7) is 0. The maximum absolute atomic E-state index is 11.5. The van der Waals surface area contributed by atoms with Gasteiger partial charge in [0.1, 0.15) is 12.4 Å². The second-order valence-corrected chi connectivity index (χ2v) is 4.78. The molecule has 3 aliphatic rings. The Morgan fingerprint density at radius 1 is 1.40 bits per heavy atom. The van der Waals surface area contributed by atoms with Crippen molar-refractivity contribution < 1.29 is 9.53 Å². The lowest BCUT2D eigenvalue weighted by Gasteiger charge is -2.34. The normalized spacial score (nSPS) is 38.8. The highest BCUT2D eigenvalue weighted by Gasteiger charge is 2.50. The molecule has 1 spiro atoms. The number of rotatable bonds is 0. The van der Waals surface area contributed by atoms with Gasteiger partial charge in [0, 0.05) is 6.42 Å². The second-order valence-electron chi connectivity index (χ2n) is 4.78. The van der Waals surface area contributed by atoms with Crippen LogP contribution >= 0.6 is 0 Å². The number of hydrogen-bond acceptors (Lipinski definition) is 3. The van der Waals surface area contributed by atoms with Gasteiger partial charge in [-0.1, -0.05) is 12.8 Å². The van der Waals surface area contributed by atoms with Crippen LogP contribution in [0, 0.1) is 5.41 Å². The Balaban J connectivity index is 2.01. The predicted octanol–water partition coefficient (Wildman–Crippen LogP) is 2.22. The van der Waals surface area contributed by atoms with Gasteiger partial charge < -0.3 is 4.74 Å². The zero-order chi connectivity index (χ0) is 10.3. The van der Waals surface area contributed by atoms with Crippen LogP contribution < -0.4 is 0 Å². The van der Waals surface area contributed by atoms with E-state index in [9.17, 15) is 4.79 Å². The van der Waals surface area contributed by atoms with Crippen molar-refractivity contribution in [2.75, 3.05) is 0 Å². The van der Waals surface area contributed by atoms with Gasteiger partial charge in [-0.25, -0.2) is 0 Å². The quantitative estimate of drug-likeness (QED) is 0.608. The van der Waals surface area contributed by atoms with E-state index in [1.807, 2.05) is 0 Å². The zero-order valence-corrected chi connectivity index (χ0v) is 8.74. The number of carbonyl (C=O) groups is 1. The third kappa shape index (κ3) is 1.25. The highest BCUT2D eigenvalue weighted by molar-refractivity contribution is 6.28. The molecular weight excluding hydrogens is 190 g/mol. The summed E-state index contributed by atoms with van der Waals surface area (Å²) in [4.78, 5) is 15.8. The van der Waals surface area contributed by atoms with Crippen LogP contribution in [0.25, 0.3) is 0 Å². The van der Waals surface area contributed by atoms with Gasteiger partial charge in [-0.3, -0.25) is 9.79 Å². The molecule has 2 heterocycles. The first-order valence-corrected chi connectivity index (χ1v) is 5.74. The number of Topliss-reactive ketones (excluding diaryl/α,β-unsaturated/α-hetero) is 1. The largest absolute Gasteiger partial charge is 0.495 e. The summed E-state index contributed by atoms with van der Waals surface area (Å²) in [7, 11) is 0. The number of aliphatic imine (C=N–C) groups is 1. The molecule has 1 saturated carbocycles. The third-order valence-electron chi connectivity index (χ3n) is 3.90. The molecule has 0 bridgehead atoms. The van der Waals surface area contributed by atoms with Crippen LogP contribution in [-0.4, -0.2) is 18.1 Å². The minimum Gasteiger partial charge on any atom is -0.495 e. The maximum atomic E-state index is 11.5. The Morgan fingerprint density at radius 2 is 2.33 bits per heavy atom. The first-order valence-electron chi connectivity index (χ1n) is 5.74. The zero-order valence-electron chi connectivity index (χ0n) is 8.74. The summed E-state index contributed by atoms with van der Waals surface area (Å²) in [5.41, 5.74) is 0.941. The van der Waals surface area contributed by atoms with Crippen LogP contribution in [-0.2, 0) is 9.53 Å². The van der Waals surface area contributed by atoms with Crippen molar-refractivity contribution in [3.8, 4) is 0 Å². The average Bonchev–Trinajstić information content (AvgIpc) is 2.45. The molecule has 15 heavy (non-hydrogen) atoms. The summed E-state index contributed by atoms with van der Waals surface area (Å²) in [5.74, 6) is 0.157. The van der Waals surface area contributed by atoms with E-state index >= 15 is 0 Å². The lowest BCUT2D eigenvalue weighted by molar-refractivity contribution is -0.116. The van der Waals surface area contributed by atoms with E-state index in [2.05, 4.69) is 4.99 Å². The lowest BCUT2D eigenvalue weighted by Crippen LogP contribution is -2.37. The van der Waals surface area contributed by atoms with Crippen LogP contribution in [0.3, 0.4) is 0 Å². The third-order valence-corrected chi connectivity index (χ3v) is 3.90. The summed E-state index contributed by atoms with van der Waals surface area (Å²) >= 11 is 0. The number of ether oxygens (including phenoxy) is 1. The average molecular weight is 205 g/mol.